The van der Waals surface area contributed by atoms with E-state index < -0.39 is 6.10 Å². The number of carbonyl (C=O) groups excluding carboxylic acids is 1. The Morgan fingerprint density at radius 1 is 1.50 bits per heavy atom. The second-order valence-electron chi connectivity index (χ2n) is 5.48. The second kappa shape index (κ2) is 6.75. The number of unbranched alkanes of at least 4 members (excludes halogenated alkanes) is 1. The highest BCUT2D eigenvalue weighted by Crippen LogP contribution is 2.29. The van der Waals surface area contributed by atoms with Crippen molar-refractivity contribution in [1.29, 1.82) is 0 Å². The highest BCUT2D eigenvalue weighted by atomic mass is 16.3. The van der Waals surface area contributed by atoms with Crippen LogP contribution in [0, 0.1) is 0 Å². The molecule has 1 aliphatic heterocycles. The van der Waals surface area contributed by atoms with Crippen LogP contribution in [0.1, 0.15) is 43.4 Å². The van der Waals surface area contributed by atoms with Gasteiger partial charge in [0.15, 0.2) is 0 Å². The molecule has 110 valence electrons. The van der Waals surface area contributed by atoms with Crippen molar-refractivity contribution in [2.24, 2.45) is 0 Å². The molecule has 2 N–H and O–H groups in total. The van der Waals surface area contributed by atoms with Gasteiger partial charge in [-0.15, -0.1) is 0 Å². The van der Waals surface area contributed by atoms with Gasteiger partial charge < -0.3 is 15.3 Å². The van der Waals surface area contributed by atoms with E-state index in [1.54, 1.807) is 0 Å². The minimum atomic E-state index is -0.628. The average Bonchev–Trinajstić information content (AvgIpc) is 2.83. The van der Waals surface area contributed by atoms with E-state index in [0.717, 1.165) is 31.4 Å². The van der Waals surface area contributed by atoms with Crippen molar-refractivity contribution in [2.75, 3.05) is 25.0 Å². The van der Waals surface area contributed by atoms with Crippen LogP contribution < -0.4 is 10.2 Å². The predicted octanol–water partition coefficient (Wildman–Crippen LogP) is 2.02. The Bertz CT molecular complexity index is 474. The van der Waals surface area contributed by atoms with Crippen LogP contribution in [0.25, 0.3) is 0 Å². The number of hydrogen-bond donors (Lipinski definition) is 2. The van der Waals surface area contributed by atoms with Crippen molar-refractivity contribution in [2.45, 2.75) is 38.7 Å². The van der Waals surface area contributed by atoms with Gasteiger partial charge in [0, 0.05) is 32.2 Å². The lowest BCUT2D eigenvalue weighted by atomic mass is 10.0. The van der Waals surface area contributed by atoms with Crippen LogP contribution in [-0.2, 0) is 11.2 Å². The summed E-state index contributed by atoms with van der Waals surface area (Å²) < 4.78 is 0. The second-order valence-corrected chi connectivity index (χ2v) is 5.48. The molecule has 1 amide bonds. The van der Waals surface area contributed by atoms with Crippen LogP contribution in [0.15, 0.2) is 18.2 Å². The molecule has 1 aliphatic rings. The first-order valence-electron chi connectivity index (χ1n) is 7.40. The van der Waals surface area contributed by atoms with Gasteiger partial charge >= 0.3 is 0 Å². The fraction of sp³-hybridized carbons (Fsp3) is 0.562. The Morgan fingerprint density at radius 2 is 2.30 bits per heavy atom. The Balaban J connectivity index is 1.90. The number of rotatable bonds is 6. The Hall–Kier alpha value is -1.55. The summed E-state index contributed by atoms with van der Waals surface area (Å²) in [6, 6.07) is 6.06. The van der Waals surface area contributed by atoms with Gasteiger partial charge in [0.05, 0.1) is 6.10 Å². The third kappa shape index (κ3) is 3.51. The number of anilines is 1. The first kappa shape index (κ1) is 14.9. The number of carbonyl (C=O) groups is 1. The molecule has 1 aromatic carbocycles. The van der Waals surface area contributed by atoms with E-state index in [9.17, 15) is 9.90 Å². The molecule has 1 unspecified atom stereocenters. The van der Waals surface area contributed by atoms with E-state index in [1.807, 2.05) is 6.07 Å². The van der Waals surface area contributed by atoms with Crippen molar-refractivity contribution in [1.82, 2.24) is 5.32 Å². The summed E-state index contributed by atoms with van der Waals surface area (Å²) in [5.41, 5.74) is 3.41. The molecule has 0 aromatic heterocycles. The maximum Gasteiger partial charge on any atom is 0.220 e. The van der Waals surface area contributed by atoms with Gasteiger partial charge in [-0.25, -0.2) is 0 Å². The molecule has 0 saturated heterocycles. The van der Waals surface area contributed by atoms with Crippen LogP contribution in [0.4, 0.5) is 5.69 Å². The first-order valence-corrected chi connectivity index (χ1v) is 7.40. The summed E-state index contributed by atoms with van der Waals surface area (Å²) in [4.78, 5) is 13.8. The van der Waals surface area contributed by atoms with E-state index in [4.69, 9.17) is 0 Å². The molecule has 0 fully saturated rings. The van der Waals surface area contributed by atoms with Crippen molar-refractivity contribution in [3.05, 3.63) is 29.3 Å². The van der Waals surface area contributed by atoms with Gasteiger partial charge in [-0.2, -0.15) is 0 Å². The maximum absolute atomic E-state index is 11.5. The molecule has 1 aromatic rings. The molecular weight excluding hydrogens is 252 g/mol. The number of nitrogens with one attached hydrogen (secondary N) is 1. The fourth-order valence-corrected chi connectivity index (χ4v) is 2.55. The minimum absolute atomic E-state index is 0.0202. The highest BCUT2D eigenvalue weighted by molar-refractivity contribution is 5.75. The van der Waals surface area contributed by atoms with Crippen LogP contribution in [0.5, 0.6) is 0 Å². The monoisotopic (exact) mass is 276 g/mol. The van der Waals surface area contributed by atoms with Crippen LogP contribution >= 0.6 is 0 Å². The van der Waals surface area contributed by atoms with Gasteiger partial charge in [-0.3, -0.25) is 4.79 Å². The van der Waals surface area contributed by atoms with Crippen LogP contribution in [0.3, 0.4) is 0 Å². The van der Waals surface area contributed by atoms with E-state index in [0.29, 0.717) is 6.42 Å². The molecule has 0 radical (unpaired) electrons. The third-order valence-corrected chi connectivity index (χ3v) is 3.87. The smallest absolute Gasteiger partial charge is 0.220 e. The van der Waals surface area contributed by atoms with Crippen molar-refractivity contribution < 1.29 is 9.90 Å². The van der Waals surface area contributed by atoms with Crippen molar-refractivity contribution >= 4 is 11.6 Å². The van der Waals surface area contributed by atoms with Gasteiger partial charge in [-0.1, -0.05) is 25.5 Å². The number of amides is 1. The molecule has 0 spiro atoms. The van der Waals surface area contributed by atoms with Crippen molar-refractivity contribution in [3.63, 3.8) is 0 Å². The number of fused-ring (bicyclic) bond motifs is 1. The topological polar surface area (TPSA) is 52.6 Å². The molecule has 0 aliphatic carbocycles. The number of benzene rings is 1. The summed E-state index contributed by atoms with van der Waals surface area (Å²) in [5, 5.41) is 13.0. The minimum Gasteiger partial charge on any atom is -0.387 e. The summed E-state index contributed by atoms with van der Waals surface area (Å²) in [7, 11) is 2.08. The lowest BCUT2D eigenvalue weighted by molar-refractivity contribution is -0.121. The number of aliphatic hydroxyl groups is 1. The predicted molar refractivity (Wildman–Crippen MR) is 80.9 cm³/mol. The highest BCUT2D eigenvalue weighted by Gasteiger charge is 2.18. The maximum atomic E-state index is 11.5. The molecule has 4 nitrogen and oxygen atoms in total. The standard InChI is InChI=1S/C16H24N2O2/c1-3-4-5-16(20)17-11-15(19)13-6-7-14-12(10-13)8-9-18(14)2/h6-7,10,15,19H,3-5,8-9,11H2,1-2H3,(H,17,20). The first-order chi connectivity index (χ1) is 9.61. The number of likely N-dealkylation sites (N-methyl/N-ethyl adjacent to an activating group) is 1. The normalized spacial score (nSPS) is 15.1. The van der Waals surface area contributed by atoms with E-state index in [-0.39, 0.29) is 12.5 Å². The number of aliphatic hydroxyl groups excluding tert-OH is 1. The zero-order chi connectivity index (χ0) is 14.5. The molecule has 2 rings (SSSR count). The molecular formula is C16H24N2O2. The number of hydrogen-bond acceptors (Lipinski definition) is 3. The van der Waals surface area contributed by atoms with Gasteiger partial charge in [-0.05, 0) is 30.0 Å². The lowest BCUT2D eigenvalue weighted by Crippen LogP contribution is -2.28. The third-order valence-electron chi connectivity index (χ3n) is 3.87. The van der Waals surface area contributed by atoms with Gasteiger partial charge in [0.25, 0.3) is 0 Å². The van der Waals surface area contributed by atoms with Gasteiger partial charge in [0.2, 0.25) is 5.91 Å². The number of nitrogens with zero attached hydrogens (tertiary/aromatic N) is 1. The molecule has 0 saturated carbocycles. The summed E-state index contributed by atoms with van der Waals surface area (Å²) in [6.45, 7) is 3.38. The zero-order valence-corrected chi connectivity index (χ0v) is 12.4. The summed E-state index contributed by atoms with van der Waals surface area (Å²) in [5.74, 6) is 0.0202. The van der Waals surface area contributed by atoms with Crippen molar-refractivity contribution in [3.8, 4) is 0 Å². The lowest BCUT2D eigenvalue weighted by Gasteiger charge is -2.15. The van der Waals surface area contributed by atoms with Crippen LogP contribution in [0.2, 0.25) is 0 Å². The van der Waals surface area contributed by atoms with E-state index >= 15 is 0 Å². The average molecular weight is 276 g/mol. The largest absolute Gasteiger partial charge is 0.387 e. The fourth-order valence-electron chi connectivity index (χ4n) is 2.55. The SMILES string of the molecule is CCCCC(=O)NCC(O)c1ccc2c(c1)CCN2C. The molecule has 4 heteroatoms. The Kier molecular flexibility index (Phi) is 5.01. The summed E-state index contributed by atoms with van der Waals surface area (Å²) >= 11 is 0. The molecule has 1 heterocycles. The van der Waals surface area contributed by atoms with E-state index in [1.165, 1.54) is 11.3 Å². The Labute approximate surface area is 120 Å². The van der Waals surface area contributed by atoms with Gasteiger partial charge in [0.1, 0.15) is 0 Å². The molecule has 20 heavy (non-hydrogen) atoms. The quantitative estimate of drug-likeness (QED) is 0.836. The van der Waals surface area contributed by atoms with Crippen LogP contribution in [-0.4, -0.2) is 31.2 Å². The Morgan fingerprint density at radius 3 is 3.05 bits per heavy atom. The zero-order valence-electron chi connectivity index (χ0n) is 12.4. The van der Waals surface area contributed by atoms with E-state index in [2.05, 4.69) is 36.3 Å². The molecule has 0 bridgehead atoms. The molecule has 1 atom stereocenters. The summed E-state index contributed by atoms with van der Waals surface area (Å²) in [6.07, 6.45) is 2.84.